The van der Waals surface area contributed by atoms with E-state index >= 15 is 0 Å². The van der Waals surface area contributed by atoms with Crippen molar-refractivity contribution in [2.75, 3.05) is 6.54 Å². The van der Waals surface area contributed by atoms with E-state index in [0.29, 0.717) is 19.4 Å². The molecule has 0 N–H and O–H groups in total. The monoisotopic (exact) mass is 369 g/mol. The molecule has 140 valence electrons. The van der Waals surface area contributed by atoms with E-state index < -0.39 is 21.8 Å². The van der Waals surface area contributed by atoms with Crippen LogP contribution in [0.3, 0.4) is 0 Å². The summed E-state index contributed by atoms with van der Waals surface area (Å²) in [5.41, 5.74) is 0.428. The molecule has 0 radical (unpaired) electrons. The summed E-state index contributed by atoms with van der Waals surface area (Å²) < 4.78 is 35.6. The predicted molar refractivity (Wildman–Crippen MR) is 94.9 cm³/mol. The van der Waals surface area contributed by atoms with Crippen molar-refractivity contribution in [1.29, 1.82) is 0 Å². The highest BCUT2D eigenvalue weighted by atomic mass is 32.2. The second-order valence-corrected chi connectivity index (χ2v) is 9.10. The molecule has 0 aliphatic carbocycles. The minimum Gasteiger partial charge on any atom is -0.444 e. The molecule has 0 unspecified atom stereocenters. The maximum absolute atomic E-state index is 12.4. The smallest absolute Gasteiger partial charge is 0.410 e. The molecule has 1 aliphatic heterocycles. The first-order valence-electron chi connectivity index (χ1n) is 8.47. The van der Waals surface area contributed by atoms with Gasteiger partial charge in [0.05, 0.1) is 11.0 Å². The van der Waals surface area contributed by atoms with E-state index in [2.05, 4.69) is 0 Å². The van der Waals surface area contributed by atoms with Crippen molar-refractivity contribution in [2.45, 2.75) is 70.1 Å². The number of rotatable bonds is 3. The molecule has 0 spiro atoms. The molecule has 25 heavy (non-hydrogen) atoms. The molecule has 1 aromatic rings. The van der Waals surface area contributed by atoms with Gasteiger partial charge in [0.25, 0.3) is 10.1 Å². The number of hydrogen-bond acceptors (Lipinski definition) is 5. The Morgan fingerprint density at radius 1 is 1.20 bits per heavy atom. The van der Waals surface area contributed by atoms with Crippen LogP contribution in [0.1, 0.15) is 46.1 Å². The number of hydrogen-bond donors (Lipinski definition) is 0. The van der Waals surface area contributed by atoms with E-state index in [0.717, 1.165) is 5.56 Å². The summed E-state index contributed by atoms with van der Waals surface area (Å²) in [5.74, 6) is 0. The minimum absolute atomic E-state index is 0.151. The highest BCUT2D eigenvalue weighted by Gasteiger charge is 2.34. The van der Waals surface area contributed by atoms with Gasteiger partial charge in [0.2, 0.25) is 0 Å². The molecule has 2 atom stereocenters. The van der Waals surface area contributed by atoms with Crippen LogP contribution >= 0.6 is 0 Å². The molecule has 7 heteroatoms. The Morgan fingerprint density at radius 3 is 2.32 bits per heavy atom. The van der Waals surface area contributed by atoms with Gasteiger partial charge in [0.15, 0.2) is 0 Å². The quantitative estimate of drug-likeness (QED) is 0.763. The van der Waals surface area contributed by atoms with Crippen LogP contribution in [0.4, 0.5) is 4.79 Å². The second kappa shape index (κ2) is 7.33. The Balaban J connectivity index is 1.99. The lowest BCUT2D eigenvalue weighted by molar-refractivity contribution is -0.000142. The molecule has 6 nitrogen and oxygen atoms in total. The van der Waals surface area contributed by atoms with Crippen molar-refractivity contribution in [1.82, 2.24) is 4.90 Å². The number of ether oxygens (including phenoxy) is 1. The zero-order chi connectivity index (χ0) is 18.8. The number of amides is 1. The Hall–Kier alpha value is -1.60. The first kappa shape index (κ1) is 19.7. The van der Waals surface area contributed by atoms with Gasteiger partial charge in [-0.3, -0.25) is 4.18 Å². The van der Waals surface area contributed by atoms with Crippen molar-refractivity contribution in [3.05, 3.63) is 29.8 Å². The molecule has 1 saturated heterocycles. The van der Waals surface area contributed by atoms with Crippen molar-refractivity contribution < 1.29 is 22.1 Å². The lowest BCUT2D eigenvalue weighted by Crippen LogP contribution is -2.48. The number of nitrogens with zero attached hydrogens (tertiary/aromatic N) is 1. The van der Waals surface area contributed by atoms with E-state index in [1.165, 1.54) is 0 Å². The van der Waals surface area contributed by atoms with Gasteiger partial charge in [-0.2, -0.15) is 8.42 Å². The summed E-state index contributed by atoms with van der Waals surface area (Å²) in [7, 11) is -3.80. The van der Waals surface area contributed by atoms with Gasteiger partial charge in [-0.25, -0.2) is 4.79 Å². The fourth-order valence-corrected chi connectivity index (χ4v) is 3.86. The van der Waals surface area contributed by atoms with Crippen LogP contribution in [0.2, 0.25) is 0 Å². The summed E-state index contributed by atoms with van der Waals surface area (Å²) in [6, 6.07) is 6.42. The third kappa shape index (κ3) is 5.44. The first-order valence-corrected chi connectivity index (χ1v) is 9.88. The van der Waals surface area contributed by atoms with Crippen LogP contribution in [0.15, 0.2) is 29.2 Å². The topological polar surface area (TPSA) is 72.9 Å². The minimum atomic E-state index is -3.80. The van der Waals surface area contributed by atoms with Gasteiger partial charge in [-0.1, -0.05) is 17.7 Å². The van der Waals surface area contributed by atoms with Gasteiger partial charge in [0, 0.05) is 12.6 Å². The fraction of sp³-hybridized carbons (Fsp3) is 0.611. The number of carbonyl (C=O) groups is 1. The highest BCUT2D eigenvalue weighted by Crippen LogP contribution is 2.25. The standard InChI is InChI=1S/C18H27NO5S/c1-13-6-8-16(9-7-13)25(21,22)24-15-10-11-19(14(2)12-15)17(20)23-18(3,4)5/h6-9,14-15H,10-12H2,1-5H3/t14-,15+/m1/s1. The van der Waals surface area contributed by atoms with Crippen LogP contribution in [-0.2, 0) is 19.0 Å². The van der Waals surface area contributed by atoms with Crippen molar-refractivity contribution in [3.8, 4) is 0 Å². The van der Waals surface area contributed by atoms with E-state index in [1.54, 1.807) is 29.2 Å². The van der Waals surface area contributed by atoms with E-state index in [4.69, 9.17) is 8.92 Å². The van der Waals surface area contributed by atoms with Crippen molar-refractivity contribution >= 4 is 16.2 Å². The SMILES string of the molecule is Cc1ccc(S(=O)(=O)O[C@H]2CCN(C(=O)OC(C)(C)C)[C@H](C)C2)cc1. The first-order chi connectivity index (χ1) is 11.5. The Morgan fingerprint density at radius 2 is 1.80 bits per heavy atom. The summed E-state index contributed by atoms with van der Waals surface area (Å²) in [5, 5.41) is 0. The number of benzene rings is 1. The highest BCUT2D eigenvalue weighted by molar-refractivity contribution is 7.86. The zero-order valence-electron chi connectivity index (χ0n) is 15.5. The summed E-state index contributed by atoms with van der Waals surface area (Å²) in [4.78, 5) is 14.0. The third-order valence-electron chi connectivity index (χ3n) is 4.03. The lowest BCUT2D eigenvalue weighted by Gasteiger charge is -2.37. The van der Waals surface area contributed by atoms with Gasteiger partial charge < -0.3 is 9.64 Å². The Bertz CT molecular complexity index is 706. The van der Waals surface area contributed by atoms with Crippen LogP contribution < -0.4 is 0 Å². The third-order valence-corrected chi connectivity index (χ3v) is 5.40. The van der Waals surface area contributed by atoms with E-state index in [9.17, 15) is 13.2 Å². The maximum atomic E-state index is 12.4. The molecule has 0 bridgehead atoms. The van der Waals surface area contributed by atoms with Crippen molar-refractivity contribution in [3.63, 3.8) is 0 Å². The van der Waals surface area contributed by atoms with Gasteiger partial charge in [-0.15, -0.1) is 0 Å². The average Bonchev–Trinajstić information content (AvgIpc) is 2.45. The normalized spacial score (nSPS) is 21.9. The molecule has 0 saturated carbocycles. The van der Waals surface area contributed by atoms with Crippen LogP contribution in [-0.4, -0.2) is 43.7 Å². The molecule has 0 aromatic heterocycles. The molecule has 1 aromatic carbocycles. The van der Waals surface area contributed by atoms with Gasteiger partial charge >= 0.3 is 6.09 Å². The second-order valence-electron chi connectivity index (χ2n) is 7.53. The van der Waals surface area contributed by atoms with Crippen LogP contribution in [0.5, 0.6) is 0 Å². The molecule has 1 amide bonds. The van der Waals surface area contributed by atoms with E-state index in [-0.39, 0.29) is 17.0 Å². The summed E-state index contributed by atoms with van der Waals surface area (Å²) in [6.07, 6.45) is 0.0822. The molecular weight excluding hydrogens is 342 g/mol. The molecular formula is C18H27NO5S. The number of aryl methyl sites for hydroxylation is 1. The van der Waals surface area contributed by atoms with Crippen LogP contribution in [0.25, 0.3) is 0 Å². The largest absolute Gasteiger partial charge is 0.444 e. The van der Waals surface area contributed by atoms with Gasteiger partial charge in [-0.05, 0) is 59.6 Å². The lowest BCUT2D eigenvalue weighted by atomic mass is 10.0. The number of piperidine rings is 1. The van der Waals surface area contributed by atoms with Crippen LogP contribution in [0, 0.1) is 6.92 Å². The number of carbonyl (C=O) groups excluding carboxylic acids is 1. The average molecular weight is 369 g/mol. The summed E-state index contributed by atoms with van der Waals surface area (Å²) >= 11 is 0. The molecule has 2 rings (SSSR count). The molecule has 1 aliphatic rings. The van der Waals surface area contributed by atoms with E-state index in [1.807, 2.05) is 34.6 Å². The zero-order valence-corrected chi connectivity index (χ0v) is 16.3. The molecule has 1 fully saturated rings. The van der Waals surface area contributed by atoms with Crippen molar-refractivity contribution in [2.24, 2.45) is 0 Å². The maximum Gasteiger partial charge on any atom is 0.410 e. The predicted octanol–water partition coefficient (Wildman–Crippen LogP) is 3.49. The summed E-state index contributed by atoms with van der Waals surface area (Å²) in [6.45, 7) is 9.63. The molecule has 1 heterocycles. The van der Waals surface area contributed by atoms with Gasteiger partial charge in [0.1, 0.15) is 5.60 Å². The Kier molecular flexibility index (Phi) is 5.79. The Labute approximate surface area is 150 Å². The fourth-order valence-electron chi connectivity index (χ4n) is 2.75. The number of likely N-dealkylation sites (tertiary alicyclic amines) is 1.